The zero-order chi connectivity index (χ0) is 19.2. The third-order valence-corrected chi connectivity index (χ3v) is 5.12. The lowest BCUT2D eigenvalue weighted by Gasteiger charge is -2.23. The van der Waals surface area contributed by atoms with Crippen LogP contribution in [-0.2, 0) is 17.9 Å². The average Bonchev–Trinajstić information content (AvgIpc) is 3.06. The number of likely N-dealkylation sites (N-methyl/N-ethyl adjacent to an activating group) is 1. The maximum absolute atomic E-state index is 13.0. The number of rotatable bonds is 7. The Morgan fingerprint density at radius 3 is 2.48 bits per heavy atom. The van der Waals surface area contributed by atoms with Crippen LogP contribution in [0.2, 0.25) is 5.02 Å². The van der Waals surface area contributed by atoms with Crippen LogP contribution in [0.1, 0.15) is 24.5 Å². The van der Waals surface area contributed by atoms with Gasteiger partial charge in [-0.1, -0.05) is 35.9 Å². The molecule has 1 aliphatic rings. The van der Waals surface area contributed by atoms with E-state index in [-0.39, 0.29) is 23.8 Å². The predicted molar refractivity (Wildman–Crippen MR) is 106 cm³/mol. The lowest BCUT2D eigenvalue weighted by atomic mass is 10.1. The molecule has 0 spiro atoms. The summed E-state index contributed by atoms with van der Waals surface area (Å²) in [6, 6.07) is 14.3. The highest BCUT2D eigenvalue weighted by Crippen LogP contribution is 2.22. The van der Waals surface area contributed by atoms with Crippen LogP contribution in [0.5, 0.6) is 0 Å². The normalized spacial score (nSPS) is 20.0. The van der Waals surface area contributed by atoms with E-state index in [2.05, 4.69) is 15.5 Å². The second kappa shape index (κ2) is 9.31. The maximum atomic E-state index is 13.0. The Kier molecular flexibility index (Phi) is 6.83. The van der Waals surface area contributed by atoms with Crippen LogP contribution < -0.4 is 10.6 Å². The topological polar surface area (TPSA) is 44.4 Å². The number of likely N-dealkylation sites (tertiary alicyclic amines) is 1. The van der Waals surface area contributed by atoms with Crippen LogP contribution >= 0.6 is 11.6 Å². The van der Waals surface area contributed by atoms with Crippen LogP contribution in [0.4, 0.5) is 4.39 Å². The molecule has 0 radical (unpaired) electrons. The van der Waals surface area contributed by atoms with Gasteiger partial charge in [0.2, 0.25) is 5.91 Å². The number of halogens is 2. The van der Waals surface area contributed by atoms with Gasteiger partial charge in [0, 0.05) is 37.2 Å². The fourth-order valence-corrected chi connectivity index (χ4v) is 3.61. The van der Waals surface area contributed by atoms with Crippen LogP contribution in [0.25, 0.3) is 0 Å². The summed E-state index contributed by atoms with van der Waals surface area (Å²) in [6.07, 6.45) is 0.751. The standard InChI is InChI=1S/C21H25ClFN3O/c1-2-24-21(27)20-11-19(25-12-15-5-9-18(23)10-6-15)14-26(20)13-16-3-7-17(22)8-4-16/h3-10,19-20,25H,2,11-14H2,1H3,(H,24,27)/t19-,20-/m0/s1. The van der Waals surface area contributed by atoms with Gasteiger partial charge in [0.05, 0.1) is 6.04 Å². The number of nitrogens with zero attached hydrogens (tertiary/aromatic N) is 1. The molecule has 3 rings (SSSR count). The Bertz CT molecular complexity index is 751. The van der Waals surface area contributed by atoms with Crippen molar-refractivity contribution < 1.29 is 9.18 Å². The van der Waals surface area contributed by atoms with Crippen LogP contribution in [0.15, 0.2) is 48.5 Å². The van der Waals surface area contributed by atoms with Crippen molar-refractivity contribution >= 4 is 17.5 Å². The van der Waals surface area contributed by atoms with E-state index in [0.29, 0.717) is 24.7 Å². The Balaban J connectivity index is 1.64. The van der Waals surface area contributed by atoms with Gasteiger partial charge in [0.25, 0.3) is 0 Å². The first-order valence-corrected chi connectivity index (χ1v) is 9.67. The molecule has 2 N–H and O–H groups in total. The van der Waals surface area contributed by atoms with Crippen molar-refractivity contribution in [3.63, 3.8) is 0 Å². The molecule has 144 valence electrons. The minimum Gasteiger partial charge on any atom is -0.355 e. The fourth-order valence-electron chi connectivity index (χ4n) is 3.48. The third kappa shape index (κ3) is 5.51. The Morgan fingerprint density at radius 1 is 1.15 bits per heavy atom. The highest BCUT2D eigenvalue weighted by molar-refractivity contribution is 6.30. The molecular weight excluding hydrogens is 365 g/mol. The minimum absolute atomic E-state index is 0.0672. The Morgan fingerprint density at radius 2 is 1.81 bits per heavy atom. The molecule has 1 amide bonds. The summed E-state index contributed by atoms with van der Waals surface area (Å²) in [4.78, 5) is 14.7. The van der Waals surface area contributed by atoms with Gasteiger partial charge in [0.1, 0.15) is 5.82 Å². The molecule has 0 bridgehead atoms. The van der Waals surface area contributed by atoms with E-state index in [4.69, 9.17) is 11.6 Å². The summed E-state index contributed by atoms with van der Waals surface area (Å²) >= 11 is 5.97. The molecular formula is C21H25ClFN3O. The second-order valence-corrected chi connectivity index (χ2v) is 7.34. The summed E-state index contributed by atoms with van der Waals surface area (Å²) < 4.78 is 13.0. The SMILES string of the molecule is CCNC(=O)[C@@H]1C[C@H](NCc2ccc(F)cc2)CN1Cc1ccc(Cl)cc1. The van der Waals surface area contributed by atoms with Crippen molar-refractivity contribution in [3.8, 4) is 0 Å². The molecule has 1 aliphatic heterocycles. The number of carbonyl (C=O) groups is 1. The van der Waals surface area contributed by atoms with Gasteiger partial charge in [-0.05, 0) is 48.7 Å². The smallest absolute Gasteiger partial charge is 0.237 e. The molecule has 1 heterocycles. The molecule has 2 aromatic rings. The van der Waals surface area contributed by atoms with E-state index in [1.54, 1.807) is 12.1 Å². The number of amides is 1. The van der Waals surface area contributed by atoms with E-state index in [1.807, 2.05) is 31.2 Å². The molecule has 2 atom stereocenters. The number of hydrogen-bond donors (Lipinski definition) is 2. The first kappa shape index (κ1) is 19.8. The molecule has 0 saturated carbocycles. The molecule has 1 saturated heterocycles. The molecule has 27 heavy (non-hydrogen) atoms. The summed E-state index contributed by atoms with van der Waals surface area (Å²) in [7, 11) is 0. The van der Waals surface area contributed by atoms with Gasteiger partial charge in [-0.2, -0.15) is 0 Å². The lowest BCUT2D eigenvalue weighted by Crippen LogP contribution is -2.42. The van der Waals surface area contributed by atoms with Crippen molar-refractivity contribution in [1.82, 2.24) is 15.5 Å². The second-order valence-electron chi connectivity index (χ2n) is 6.91. The molecule has 4 nitrogen and oxygen atoms in total. The van der Waals surface area contributed by atoms with Gasteiger partial charge in [-0.25, -0.2) is 4.39 Å². The van der Waals surface area contributed by atoms with Crippen molar-refractivity contribution in [3.05, 3.63) is 70.5 Å². The van der Waals surface area contributed by atoms with Crippen molar-refractivity contribution in [2.45, 2.75) is 38.5 Å². The Hall–Kier alpha value is -1.95. The van der Waals surface area contributed by atoms with Crippen LogP contribution in [-0.4, -0.2) is 36.0 Å². The first-order valence-electron chi connectivity index (χ1n) is 9.29. The van der Waals surface area contributed by atoms with E-state index < -0.39 is 0 Å². The summed E-state index contributed by atoms with van der Waals surface area (Å²) in [5.41, 5.74) is 2.16. The van der Waals surface area contributed by atoms with Crippen LogP contribution in [0.3, 0.4) is 0 Å². The summed E-state index contributed by atoms with van der Waals surface area (Å²) in [6.45, 7) is 4.69. The number of carbonyl (C=O) groups excluding carboxylic acids is 1. The van der Waals surface area contributed by atoms with Crippen LogP contribution in [0, 0.1) is 5.82 Å². The molecule has 1 fully saturated rings. The van der Waals surface area contributed by atoms with Gasteiger partial charge in [-0.3, -0.25) is 9.69 Å². The number of hydrogen-bond acceptors (Lipinski definition) is 3. The zero-order valence-corrected chi connectivity index (χ0v) is 16.2. The van der Waals surface area contributed by atoms with E-state index in [9.17, 15) is 9.18 Å². The van der Waals surface area contributed by atoms with Gasteiger partial charge in [-0.15, -0.1) is 0 Å². The fraction of sp³-hybridized carbons (Fsp3) is 0.381. The number of benzene rings is 2. The molecule has 2 aromatic carbocycles. The molecule has 0 aliphatic carbocycles. The van der Waals surface area contributed by atoms with Gasteiger partial charge < -0.3 is 10.6 Å². The zero-order valence-electron chi connectivity index (χ0n) is 15.4. The largest absolute Gasteiger partial charge is 0.355 e. The van der Waals surface area contributed by atoms with E-state index >= 15 is 0 Å². The predicted octanol–water partition coefficient (Wildman–Crippen LogP) is 3.35. The third-order valence-electron chi connectivity index (χ3n) is 4.86. The molecule has 0 aromatic heterocycles. The van der Waals surface area contributed by atoms with E-state index in [0.717, 1.165) is 24.1 Å². The average molecular weight is 390 g/mol. The highest BCUT2D eigenvalue weighted by Gasteiger charge is 2.36. The summed E-state index contributed by atoms with van der Waals surface area (Å²) in [5, 5.41) is 7.15. The minimum atomic E-state index is -0.231. The van der Waals surface area contributed by atoms with Crippen molar-refractivity contribution in [1.29, 1.82) is 0 Å². The van der Waals surface area contributed by atoms with Crippen molar-refractivity contribution in [2.24, 2.45) is 0 Å². The Labute approximate surface area is 164 Å². The molecule has 6 heteroatoms. The first-order chi connectivity index (χ1) is 13.0. The monoisotopic (exact) mass is 389 g/mol. The van der Waals surface area contributed by atoms with E-state index in [1.165, 1.54) is 12.1 Å². The highest BCUT2D eigenvalue weighted by atomic mass is 35.5. The lowest BCUT2D eigenvalue weighted by molar-refractivity contribution is -0.125. The number of nitrogens with one attached hydrogen (secondary N) is 2. The van der Waals surface area contributed by atoms with Gasteiger partial charge in [0.15, 0.2) is 0 Å². The molecule has 0 unspecified atom stereocenters. The maximum Gasteiger partial charge on any atom is 0.237 e. The quantitative estimate of drug-likeness (QED) is 0.763. The van der Waals surface area contributed by atoms with Crippen molar-refractivity contribution in [2.75, 3.05) is 13.1 Å². The van der Waals surface area contributed by atoms with Gasteiger partial charge >= 0.3 is 0 Å². The summed E-state index contributed by atoms with van der Waals surface area (Å²) in [5.74, 6) is -0.164.